The van der Waals surface area contributed by atoms with Gasteiger partial charge in [0.15, 0.2) is 5.13 Å². The van der Waals surface area contributed by atoms with E-state index in [0.29, 0.717) is 33.4 Å². The molecular weight excluding hydrogens is 560 g/mol. The smallest absolute Gasteiger partial charge is 0.272 e. The normalized spacial score (nSPS) is 11.0. The molecule has 3 N–H and O–H groups in total. The predicted molar refractivity (Wildman–Crippen MR) is 163 cm³/mol. The average Bonchev–Trinajstić information content (AvgIpc) is 3.40. The third-order valence-corrected chi connectivity index (χ3v) is 7.50. The Morgan fingerprint density at radius 3 is 2.37 bits per heavy atom. The molecule has 3 amide bonds. The van der Waals surface area contributed by atoms with E-state index in [2.05, 4.69) is 20.9 Å². The standard InChI is InChI=1S/C30H28N4O5S2/c1-19-17-41-30(31-19)34-27(35)18-40-24-12-9-22(10-13-24)32-29(37)25(33-28(36)20-7-5-4-6-8-20)16-21-15-23(38-2)11-14-26(21)39-3/h4-17H,18H2,1-3H3,(H,32,37)(H,33,36)(H,31,34,35)/b25-16-. The molecule has 0 aliphatic heterocycles. The van der Waals surface area contributed by atoms with Crippen LogP contribution in [-0.4, -0.2) is 42.7 Å². The molecule has 0 fully saturated rings. The molecule has 0 saturated heterocycles. The maximum atomic E-state index is 13.4. The topological polar surface area (TPSA) is 119 Å². The van der Waals surface area contributed by atoms with E-state index in [4.69, 9.17) is 9.47 Å². The molecule has 0 spiro atoms. The van der Waals surface area contributed by atoms with E-state index in [1.807, 2.05) is 12.3 Å². The van der Waals surface area contributed by atoms with E-state index in [9.17, 15) is 14.4 Å². The number of amides is 3. The Bertz CT molecular complexity index is 1550. The third-order valence-electron chi connectivity index (χ3n) is 5.61. The van der Waals surface area contributed by atoms with Crippen LogP contribution in [-0.2, 0) is 9.59 Å². The highest BCUT2D eigenvalue weighted by molar-refractivity contribution is 8.00. The minimum Gasteiger partial charge on any atom is -0.497 e. The summed E-state index contributed by atoms with van der Waals surface area (Å²) >= 11 is 2.74. The highest BCUT2D eigenvalue weighted by atomic mass is 32.2. The lowest BCUT2D eigenvalue weighted by molar-refractivity contribution is -0.114. The van der Waals surface area contributed by atoms with Gasteiger partial charge in [-0.3, -0.25) is 14.4 Å². The van der Waals surface area contributed by atoms with E-state index >= 15 is 0 Å². The van der Waals surface area contributed by atoms with E-state index in [1.54, 1.807) is 72.8 Å². The second-order valence-electron chi connectivity index (χ2n) is 8.60. The molecule has 0 aliphatic rings. The summed E-state index contributed by atoms with van der Waals surface area (Å²) < 4.78 is 10.8. The molecule has 210 valence electrons. The fraction of sp³-hybridized carbons (Fsp3) is 0.133. The maximum Gasteiger partial charge on any atom is 0.272 e. The van der Waals surface area contributed by atoms with Crippen LogP contribution >= 0.6 is 23.1 Å². The monoisotopic (exact) mass is 588 g/mol. The molecule has 1 aromatic heterocycles. The number of carbonyl (C=O) groups is 3. The third kappa shape index (κ3) is 8.44. The number of rotatable bonds is 11. The number of aromatic nitrogens is 1. The van der Waals surface area contributed by atoms with Crippen LogP contribution in [0.4, 0.5) is 10.8 Å². The molecule has 3 aromatic carbocycles. The van der Waals surface area contributed by atoms with Crippen LogP contribution in [0.2, 0.25) is 0 Å². The fourth-order valence-corrected chi connectivity index (χ4v) is 5.00. The van der Waals surface area contributed by atoms with Gasteiger partial charge in [-0.1, -0.05) is 18.2 Å². The van der Waals surface area contributed by atoms with Crippen molar-refractivity contribution in [2.45, 2.75) is 11.8 Å². The number of ether oxygens (including phenoxy) is 2. The number of aryl methyl sites for hydroxylation is 1. The number of carbonyl (C=O) groups excluding carboxylic acids is 3. The van der Waals surface area contributed by atoms with Gasteiger partial charge in [0.1, 0.15) is 17.2 Å². The highest BCUT2D eigenvalue weighted by Gasteiger charge is 2.17. The van der Waals surface area contributed by atoms with Crippen molar-refractivity contribution in [3.8, 4) is 11.5 Å². The van der Waals surface area contributed by atoms with Crippen molar-refractivity contribution in [3.63, 3.8) is 0 Å². The van der Waals surface area contributed by atoms with Crippen LogP contribution in [0.25, 0.3) is 6.08 Å². The van der Waals surface area contributed by atoms with Crippen LogP contribution in [0.15, 0.2) is 88.8 Å². The zero-order valence-corrected chi connectivity index (χ0v) is 24.2. The van der Waals surface area contributed by atoms with Gasteiger partial charge in [0, 0.05) is 27.1 Å². The van der Waals surface area contributed by atoms with Crippen molar-refractivity contribution in [1.82, 2.24) is 10.3 Å². The Balaban J connectivity index is 1.47. The largest absolute Gasteiger partial charge is 0.497 e. The summed E-state index contributed by atoms with van der Waals surface area (Å²) in [6.07, 6.45) is 1.53. The number of benzene rings is 3. The minimum absolute atomic E-state index is 0.0120. The van der Waals surface area contributed by atoms with Gasteiger partial charge >= 0.3 is 0 Å². The van der Waals surface area contributed by atoms with E-state index in [0.717, 1.165) is 10.6 Å². The lowest BCUT2D eigenvalue weighted by Gasteiger charge is -2.13. The Hall–Kier alpha value is -4.61. The molecule has 0 atom stereocenters. The van der Waals surface area contributed by atoms with Crippen molar-refractivity contribution in [2.75, 3.05) is 30.6 Å². The number of nitrogens with zero attached hydrogens (tertiary/aromatic N) is 1. The van der Waals surface area contributed by atoms with Gasteiger partial charge in [0.25, 0.3) is 11.8 Å². The number of anilines is 2. The summed E-state index contributed by atoms with van der Waals surface area (Å²) in [7, 11) is 3.06. The van der Waals surface area contributed by atoms with Gasteiger partial charge in [0.2, 0.25) is 5.91 Å². The Labute approximate surface area is 246 Å². The quantitative estimate of drug-likeness (QED) is 0.154. The van der Waals surface area contributed by atoms with Crippen molar-refractivity contribution >= 4 is 57.7 Å². The van der Waals surface area contributed by atoms with Gasteiger partial charge in [-0.2, -0.15) is 0 Å². The van der Waals surface area contributed by atoms with Crippen molar-refractivity contribution in [1.29, 1.82) is 0 Å². The lowest BCUT2D eigenvalue weighted by atomic mass is 10.1. The zero-order valence-electron chi connectivity index (χ0n) is 22.6. The summed E-state index contributed by atoms with van der Waals surface area (Å²) in [5, 5.41) is 10.8. The highest BCUT2D eigenvalue weighted by Crippen LogP contribution is 2.27. The first-order chi connectivity index (χ1) is 19.8. The molecule has 11 heteroatoms. The molecule has 4 rings (SSSR count). The van der Waals surface area contributed by atoms with Gasteiger partial charge in [-0.15, -0.1) is 23.1 Å². The molecular formula is C30H28N4O5S2. The number of thiazole rings is 1. The first-order valence-corrected chi connectivity index (χ1v) is 14.3. The van der Waals surface area contributed by atoms with E-state index in [1.165, 1.54) is 43.4 Å². The zero-order chi connectivity index (χ0) is 29.2. The van der Waals surface area contributed by atoms with Crippen LogP contribution < -0.4 is 25.4 Å². The van der Waals surface area contributed by atoms with Gasteiger partial charge in [-0.05, 0) is 67.6 Å². The number of methoxy groups -OCH3 is 2. The molecule has 0 radical (unpaired) electrons. The number of thioether (sulfide) groups is 1. The molecule has 4 aromatic rings. The van der Waals surface area contributed by atoms with Crippen LogP contribution in [0.3, 0.4) is 0 Å². The van der Waals surface area contributed by atoms with Gasteiger partial charge in [0.05, 0.1) is 25.7 Å². The molecule has 0 unspecified atom stereocenters. The second-order valence-corrected chi connectivity index (χ2v) is 10.5. The lowest BCUT2D eigenvalue weighted by Crippen LogP contribution is -2.30. The van der Waals surface area contributed by atoms with Crippen LogP contribution in [0.5, 0.6) is 11.5 Å². The summed E-state index contributed by atoms with van der Waals surface area (Å²) in [4.78, 5) is 43.6. The Morgan fingerprint density at radius 2 is 1.71 bits per heavy atom. The van der Waals surface area contributed by atoms with E-state index < -0.39 is 11.8 Å². The van der Waals surface area contributed by atoms with Crippen molar-refractivity contribution < 1.29 is 23.9 Å². The number of hydrogen-bond acceptors (Lipinski definition) is 8. The average molecular weight is 589 g/mol. The van der Waals surface area contributed by atoms with Crippen molar-refractivity contribution in [2.24, 2.45) is 0 Å². The Morgan fingerprint density at radius 1 is 0.951 bits per heavy atom. The van der Waals surface area contributed by atoms with Gasteiger partial charge < -0.3 is 25.4 Å². The fourth-order valence-electron chi connectivity index (χ4n) is 3.60. The van der Waals surface area contributed by atoms with E-state index in [-0.39, 0.29) is 17.4 Å². The molecule has 1 heterocycles. The minimum atomic E-state index is -0.530. The number of hydrogen-bond donors (Lipinski definition) is 3. The first-order valence-electron chi connectivity index (χ1n) is 12.4. The maximum absolute atomic E-state index is 13.4. The Kier molecular flexibility index (Phi) is 10.1. The SMILES string of the molecule is COc1ccc(OC)c(/C=C(\NC(=O)c2ccccc2)C(=O)Nc2ccc(SCC(=O)Nc3nc(C)cs3)cc2)c1. The summed E-state index contributed by atoms with van der Waals surface area (Å²) in [5.41, 5.74) is 2.33. The molecule has 0 saturated carbocycles. The summed E-state index contributed by atoms with van der Waals surface area (Å²) in [6, 6.07) is 20.8. The van der Waals surface area contributed by atoms with Crippen LogP contribution in [0, 0.1) is 6.92 Å². The molecule has 0 bridgehead atoms. The van der Waals surface area contributed by atoms with Gasteiger partial charge in [-0.25, -0.2) is 4.98 Å². The second kappa shape index (κ2) is 14.1. The summed E-state index contributed by atoms with van der Waals surface area (Å²) in [6.45, 7) is 1.87. The number of nitrogens with one attached hydrogen (secondary N) is 3. The molecule has 41 heavy (non-hydrogen) atoms. The predicted octanol–water partition coefficient (Wildman–Crippen LogP) is 5.61. The van der Waals surface area contributed by atoms with Crippen molar-refractivity contribution in [3.05, 3.63) is 101 Å². The summed E-state index contributed by atoms with van der Waals surface area (Å²) in [5.74, 6) is 0.156. The van der Waals surface area contributed by atoms with Crippen LogP contribution in [0.1, 0.15) is 21.6 Å². The molecule has 0 aliphatic carbocycles. The molecule has 9 nitrogen and oxygen atoms in total. The first kappa shape index (κ1) is 29.4.